The number of thiazole rings is 1. The predicted octanol–water partition coefficient (Wildman–Crippen LogP) is 3.74. The minimum absolute atomic E-state index is 0. The molecule has 0 aliphatic rings. The lowest BCUT2D eigenvalue weighted by atomic mass is 10.1. The van der Waals surface area contributed by atoms with Crippen LogP contribution in [-0.2, 0) is 12.8 Å². The summed E-state index contributed by atoms with van der Waals surface area (Å²) < 4.78 is 0. The summed E-state index contributed by atoms with van der Waals surface area (Å²) in [5, 5.41) is 12.5. The van der Waals surface area contributed by atoms with E-state index in [1.807, 2.05) is 42.5 Å². The van der Waals surface area contributed by atoms with Crippen LogP contribution in [0.15, 0.2) is 65.0 Å². The van der Waals surface area contributed by atoms with Crippen molar-refractivity contribution in [2.75, 3.05) is 27.2 Å². The molecule has 0 saturated carbocycles. The van der Waals surface area contributed by atoms with E-state index in [-0.39, 0.29) is 29.9 Å². The Bertz CT molecular complexity index is 990. The van der Waals surface area contributed by atoms with E-state index in [2.05, 4.69) is 38.5 Å². The molecule has 0 aliphatic carbocycles. The van der Waals surface area contributed by atoms with Crippen molar-refractivity contribution >= 4 is 47.2 Å². The Labute approximate surface area is 204 Å². The predicted molar refractivity (Wildman–Crippen MR) is 140 cm³/mol. The molecule has 3 rings (SSSR count). The minimum Gasteiger partial charge on any atom is -0.356 e. The van der Waals surface area contributed by atoms with Crippen molar-refractivity contribution in [1.82, 2.24) is 20.9 Å². The monoisotopic (exact) mass is 549 g/mol. The number of hydrogen-bond acceptors (Lipinski definition) is 4. The Hall–Kier alpha value is -2.46. The number of carbonyl (C=O) groups is 1. The number of benzene rings is 2. The van der Waals surface area contributed by atoms with Crippen LogP contribution in [0.2, 0.25) is 0 Å². The molecule has 3 aromatic rings. The Morgan fingerprint density at radius 1 is 1.03 bits per heavy atom. The summed E-state index contributed by atoms with van der Waals surface area (Å²) in [7, 11) is 3.40. The van der Waals surface area contributed by atoms with Gasteiger partial charge >= 0.3 is 0 Å². The van der Waals surface area contributed by atoms with Crippen LogP contribution in [0, 0.1) is 0 Å². The molecule has 3 N–H and O–H groups in total. The Morgan fingerprint density at radius 3 is 2.48 bits per heavy atom. The molecule has 0 aliphatic heterocycles. The molecule has 2 aromatic carbocycles. The van der Waals surface area contributed by atoms with E-state index in [9.17, 15) is 4.79 Å². The zero-order chi connectivity index (χ0) is 21.2. The second-order valence-corrected chi connectivity index (χ2v) is 7.57. The molecule has 1 heterocycles. The number of aliphatic imine (C=N–C) groups is 1. The van der Waals surface area contributed by atoms with Gasteiger partial charge in [0.25, 0.3) is 5.91 Å². The quantitative estimate of drug-likeness (QED) is 0.227. The molecule has 8 heteroatoms. The smallest absolute Gasteiger partial charge is 0.251 e. The molecule has 0 bridgehead atoms. The number of nitrogens with zero attached hydrogens (tertiary/aromatic N) is 2. The molecule has 0 unspecified atom stereocenters. The van der Waals surface area contributed by atoms with Gasteiger partial charge in [-0.15, -0.1) is 35.3 Å². The van der Waals surface area contributed by atoms with Gasteiger partial charge in [-0.25, -0.2) is 4.98 Å². The average molecular weight is 549 g/mol. The molecule has 0 fully saturated rings. The van der Waals surface area contributed by atoms with Gasteiger partial charge in [0, 0.05) is 50.1 Å². The Kier molecular flexibility index (Phi) is 10.5. The third-order valence-corrected chi connectivity index (χ3v) is 5.53. The van der Waals surface area contributed by atoms with Gasteiger partial charge in [-0.05, 0) is 24.1 Å². The van der Waals surface area contributed by atoms with Crippen LogP contribution < -0.4 is 16.0 Å². The summed E-state index contributed by atoms with van der Waals surface area (Å²) >= 11 is 1.67. The lowest BCUT2D eigenvalue weighted by Crippen LogP contribution is -2.39. The zero-order valence-corrected chi connectivity index (χ0v) is 20.9. The first-order chi connectivity index (χ1) is 14.7. The fraction of sp³-hybridized carbons (Fsp3) is 0.261. The van der Waals surface area contributed by atoms with Gasteiger partial charge in [-0.1, -0.05) is 42.5 Å². The van der Waals surface area contributed by atoms with Gasteiger partial charge in [0.2, 0.25) is 0 Å². The van der Waals surface area contributed by atoms with Gasteiger partial charge < -0.3 is 16.0 Å². The van der Waals surface area contributed by atoms with Crippen LogP contribution >= 0.6 is 35.3 Å². The number of halogens is 1. The molecule has 0 radical (unpaired) electrons. The third kappa shape index (κ3) is 7.62. The Balaban J connectivity index is 0.00000341. The molecule has 1 amide bonds. The fourth-order valence-corrected chi connectivity index (χ4v) is 3.86. The second-order valence-electron chi connectivity index (χ2n) is 6.72. The highest BCUT2D eigenvalue weighted by molar-refractivity contribution is 14.0. The van der Waals surface area contributed by atoms with Crippen molar-refractivity contribution in [3.05, 3.63) is 76.8 Å². The second kappa shape index (κ2) is 13.1. The van der Waals surface area contributed by atoms with Gasteiger partial charge in [0.15, 0.2) is 5.96 Å². The molecule has 0 atom stereocenters. The highest BCUT2D eigenvalue weighted by Crippen LogP contribution is 2.23. The van der Waals surface area contributed by atoms with E-state index in [0.717, 1.165) is 53.7 Å². The van der Waals surface area contributed by atoms with E-state index in [4.69, 9.17) is 4.98 Å². The lowest BCUT2D eigenvalue weighted by Gasteiger charge is -2.11. The summed E-state index contributed by atoms with van der Waals surface area (Å²) in [6.07, 6.45) is 1.64. The van der Waals surface area contributed by atoms with Crippen LogP contribution in [0.25, 0.3) is 10.6 Å². The van der Waals surface area contributed by atoms with Crippen LogP contribution in [0.3, 0.4) is 0 Å². The summed E-state index contributed by atoms with van der Waals surface area (Å²) in [6, 6.07) is 17.9. The maximum absolute atomic E-state index is 11.8. The van der Waals surface area contributed by atoms with E-state index >= 15 is 0 Å². The number of aromatic nitrogens is 1. The first kappa shape index (κ1) is 24.8. The number of rotatable bonds is 8. The number of hydrogen-bond donors (Lipinski definition) is 3. The van der Waals surface area contributed by atoms with Crippen molar-refractivity contribution in [2.24, 2.45) is 4.99 Å². The fourth-order valence-electron chi connectivity index (χ4n) is 3.00. The maximum Gasteiger partial charge on any atom is 0.251 e. The standard InChI is InChI=1S/C23H27N5OS.HI/c1-24-21(29)19-10-6-7-17(15-19)11-13-26-23(25-2)27-14-12-20-16-30-22(28-20)18-8-4-3-5-9-18;/h3-10,15-16H,11-14H2,1-2H3,(H,24,29)(H2,25,26,27);1H. The SMILES string of the molecule is CN=C(NCCc1cccc(C(=O)NC)c1)NCCc1csc(-c2ccccc2)n1.I. The number of guanidine groups is 1. The largest absolute Gasteiger partial charge is 0.356 e. The number of amides is 1. The van der Waals surface area contributed by atoms with Gasteiger partial charge in [0.1, 0.15) is 5.01 Å². The van der Waals surface area contributed by atoms with Crippen LogP contribution in [0.5, 0.6) is 0 Å². The molecule has 1 aromatic heterocycles. The highest BCUT2D eigenvalue weighted by atomic mass is 127. The van der Waals surface area contributed by atoms with Crippen molar-refractivity contribution in [3.8, 4) is 10.6 Å². The zero-order valence-electron chi connectivity index (χ0n) is 17.7. The summed E-state index contributed by atoms with van der Waals surface area (Å²) in [4.78, 5) is 20.7. The number of carbonyl (C=O) groups excluding carboxylic acids is 1. The first-order valence-electron chi connectivity index (χ1n) is 9.95. The minimum atomic E-state index is -0.0697. The highest BCUT2D eigenvalue weighted by Gasteiger charge is 2.06. The molecule has 0 saturated heterocycles. The molecular formula is C23H28IN5OS. The molecule has 6 nitrogen and oxygen atoms in total. The van der Waals surface area contributed by atoms with Gasteiger partial charge in [-0.2, -0.15) is 0 Å². The van der Waals surface area contributed by atoms with Crippen molar-refractivity contribution < 1.29 is 4.79 Å². The van der Waals surface area contributed by atoms with Crippen LogP contribution in [-0.4, -0.2) is 44.0 Å². The van der Waals surface area contributed by atoms with Crippen LogP contribution in [0.1, 0.15) is 21.6 Å². The maximum atomic E-state index is 11.8. The normalized spacial score (nSPS) is 10.8. The van der Waals surface area contributed by atoms with E-state index < -0.39 is 0 Å². The topological polar surface area (TPSA) is 78.4 Å². The summed E-state index contributed by atoms with van der Waals surface area (Å²) in [6.45, 7) is 1.48. The van der Waals surface area contributed by atoms with Gasteiger partial charge in [0.05, 0.1) is 5.69 Å². The summed E-state index contributed by atoms with van der Waals surface area (Å²) in [5.74, 6) is 0.690. The van der Waals surface area contributed by atoms with E-state index in [1.54, 1.807) is 25.4 Å². The van der Waals surface area contributed by atoms with E-state index in [1.165, 1.54) is 0 Å². The lowest BCUT2D eigenvalue weighted by molar-refractivity contribution is 0.0963. The first-order valence-corrected chi connectivity index (χ1v) is 10.8. The van der Waals surface area contributed by atoms with Gasteiger partial charge in [-0.3, -0.25) is 9.79 Å². The molecule has 0 spiro atoms. The van der Waals surface area contributed by atoms with Crippen molar-refractivity contribution in [1.29, 1.82) is 0 Å². The number of nitrogens with one attached hydrogen (secondary N) is 3. The molecular weight excluding hydrogens is 521 g/mol. The van der Waals surface area contributed by atoms with Crippen molar-refractivity contribution in [2.45, 2.75) is 12.8 Å². The summed E-state index contributed by atoms with van der Waals surface area (Å²) in [5.41, 5.74) is 4.01. The third-order valence-electron chi connectivity index (χ3n) is 4.59. The van der Waals surface area contributed by atoms with Crippen LogP contribution in [0.4, 0.5) is 0 Å². The Morgan fingerprint density at radius 2 is 1.77 bits per heavy atom. The molecule has 31 heavy (non-hydrogen) atoms. The molecule has 164 valence electrons. The van der Waals surface area contributed by atoms with Crippen molar-refractivity contribution in [3.63, 3.8) is 0 Å². The average Bonchev–Trinajstić information content (AvgIpc) is 3.27. The van der Waals surface area contributed by atoms with E-state index in [0.29, 0.717) is 5.56 Å².